The van der Waals surface area contributed by atoms with E-state index < -0.39 is 0 Å². The van der Waals surface area contributed by atoms with Crippen molar-refractivity contribution in [3.8, 4) is 0 Å². The minimum atomic E-state index is 0.594. The van der Waals surface area contributed by atoms with E-state index in [0.29, 0.717) is 5.92 Å². The van der Waals surface area contributed by atoms with Gasteiger partial charge in [-0.2, -0.15) is 0 Å². The van der Waals surface area contributed by atoms with Gasteiger partial charge in [-0.3, -0.25) is 0 Å². The molecule has 0 spiro atoms. The smallest absolute Gasteiger partial charge is 0.0637 e. The summed E-state index contributed by atoms with van der Waals surface area (Å²) in [6.07, 6.45) is 3.76. The summed E-state index contributed by atoms with van der Waals surface area (Å²) in [4.78, 5) is 0. The highest BCUT2D eigenvalue weighted by Gasteiger charge is 2.19. The average Bonchev–Trinajstić information content (AvgIpc) is 2.48. The number of aryl methyl sites for hydroxylation is 2. The van der Waals surface area contributed by atoms with E-state index in [4.69, 9.17) is 11.6 Å². The molecule has 104 valence electrons. The lowest BCUT2D eigenvalue weighted by Crippen LogP contribution is -2.18. The molecule has 0 bridgehead atoms. The molecule has 1 unspecified atom stereocenters. The lowest BCUT2D eigenvalue weighted by molar-refractivity contribution is 0.572. The van der Waals surface area contributed by atoms with Gasteiger partial charge >= 0.3 is 0 Å². The van der Waals surface area contributed by atoms with Crippen LogP contribution in [0.5, 0.6) is 0 Å². The lowest BCUT2D eigenvalue weighted by atomic mass is 9.83. The number of fused-ring (bicyclic) bond motifs is 1. The van der Waals surface area contributed by atoms with E-state index in [9.17, 15) is 0 Å². The maximum atomic E-state index is 6.25. The molecule has 0 saturated heterocycles. The van der Waals surface area contributed by atoms with Gasteiger partial charge in [-0.25, -0.2) is 0 Å². The Morgan fingerprint density at radius 1 is 1.20 bits per heavy atom. The molecule has 1 nitrogen and oxygen atoms in total. The molecular weight excluding hydrogens is 266 g/mol. The van der Waals surface area contributed by atoms with E-state index in [-0.39, 0.29) is 0 Å². The van der Waals surface area contributed by atoms with E-state index in [1.54, 1.807) is 0 Å². The van der Waals surface area contributed by atoms with Gasteiger partial charge in [0.2, 0.25) is 0 Å². The van der Waals surface area contributed by atoms with Gasteiger partial charge in [-0.05, 0) is 55.0 Å². The zero-order chi connectivity index (χ0) is 13.9. The maximum absolute atomic E-state index is 6.25. The van der Waals surface area contributed by atoms with Crippen molar-refractivity contribution >= 4 is 17.3 Å². The molecule has 0 amide bonds. The van der Waals surface area contributed by atoms with Crippen molar-refractivity contribution in [1.29, 1.82) is 0 Å². The first-order chi connectivity index (χ1) is 9.74. The number of halogens is 1. The van der Waals surface area contributed by atoms with E-state index in [0.717, 1.165) is 17.3 Å². The number of hydrogen-bond donors (Lipinski definition) is 1. The Balaban J connectivity index is 1.75. The van der Waals surface area contributed by atoms with E-state index in [2.05, 4.69) is 42.6 Å². The Hall–Kier alpha value is -1.47. The predicted molar refractivity (Wildman–Crippen MR) is 86.8 cm³/mol. The summed E-state index contributed by atoms with van der Waals surface area (Å²) in [5, 5.41) is 4.34. The number of anilines is 1. The fourth-order valence-corrected chi connectivity index (χ4v) is 3.26. The molecule has 3 rings (SSSR count). The van der Waals surface area contributed by atoms with Crippen LogP contribution in [-0.2, 0) is 6.42 Å². The number of rotatable bonds is 3. The summed E-state index contributed by atoms with van der Waals surface area (Å²) in [6, 6.07) is 15.0. The monoisotopic (exact) mass is 285 g/mol. The fourth-order valence-electron chi connectivity index (χ4n) is 3.07. The highest BCUT2D eigenvalue weighted by atomic mass is 35.5. The quantitative estimate of drug-likeness (QED) is 0.819. The van der Waals surface area contributed by atoms with Crippen LogP contribution in [0.25, 0.3) is 0 Å². The normalized spacial score (nSPS) is 17.6. The van der Waals surface area contributed by atoms with Crippen molar-refractivity contribution in [2.45, 2.75) is 32.1 Å². The number of hydrogen-bond acceptors (Lipinski definition) is 1. The molecule has 0 aliphatic heterocycles. The van der Waals surface area contributed by atoms with Crippen LogP contribution < -0.4 is 5.32 Å². The second kappa shape index (κ2) is 5.88. The van der Waals surface area contributed by atoms with Crippen LogP contribution in [0.15, 0.2) is 42.5 Å². The molecule has 2 aromatic carbocycles. The zero-order valence-corrected chi connectivity index (χ0v) is 12.6. The summed E-state index contributed by atoms with van der Waals surface area (Å²) in [6.45, 7) is 3.05. The summed E-state index contributed by atoms with van der Waals surface area (Å²) < 4.78 is 0. The van der Waals surface area contributed by atoms with E-state index >= 15 is 0 Å². The third-order valence-electron chi connectivity index (χ3n) is 4.15. The molecule has 2 aromatic rings. The van der Waals surface area contributed by atoms with Gasteiger partial charge in [-0.1, -0.05) is 41.9 Å². The fraction of sp³-hybridized carbons (Fsp3) is 0.333. The van der Waals surface area contributed by atoms with Crippen LogP contribution in [0.4, 0.5) is 5.69 Å². The van der Waals surface area contributed by atoms with Crippen LogP contribution in [0.1, 0.15) is 35.4 Å². The lowest BCUT2D eigenvalue weighted by Gasteiger charge is -2.26. The first-order valence-electron chi connectivity index (χ1n) is 7.32. The van der Waals surface area contributed by atoms with Crippen LogP contribution in [0.3, 0.4) is 0 Å². The maximum Gasteiger partial charge on any atom is 0.0637 e. The Kier molecular flexibility index (Phi) is 3.98. The molecule has 20 heavy (non-hydrogen) atoms. The van der Waals surface area contributed by atoms with Gasteiger partial charge in [0.15, 0.2) is 0 Å². The second-order valence-corrected chi connectivity index (χ2v) is 6.06. The number of benzene rings is 2. The van der Waals surface area contributed by atoms with Gasteiger partial charge < -0.3 is 5.32 Å². The molecule has 1 atom stereocenters. The highest BCUT2D eigenvalue weighted by Crippen LogP contribution is 2.32. The Morgan fingerprint density at radius 2 is 2.05 bits per heavy atom. The third-order valence-corrected chi connectivity index (χ3v) is 4.48. The summed E-state index contributed by atoms with van der Waals surface area (Å²) in [7, 11) is 0. The number of nitrogens with one attached hydrogen (secondary N) is 1. The Morgan fingerprint density at radius 3 is 2.95 bits per heavy atom. The molecule has 0 heterocycles. The van der Waals surface area contributed by atoms with Crippen molar-refractivity contribution in [3.63, 3.8) is 0 Å². The first kappa shape index (κ1) is 13.5. The van der Waals surface area contributed by atoms with Crippen molar-refractivity contribution < 1.29 is 0 Å². The molecule has 0 aromatic heterocycles. The van der Waals surface area contributed by atoms with Crippen molar-refractivity contribution in [2.75, 3.05) is 11.9 Å². The Bertz CT molecular complexity index is 606. The van der Waals surface area contributed by atoms with E-state index in [1.807, 2.05) is 12.1 Å². The van der Waals surface area contributed by atoms with Crippen LogP contribution >= 0.6 is 11.6 Å². The standard InChI is InChI=1S/C18H20ClN/c1-13-9-10-17(19)18(11-13)20-12-15-7-4-6-14-5-2-3-8-16(14)15/h2-3,5,8-11,15,20H,4,6-7,12H2,1H3. The largest absolute Gasteiger partial charge is 0.383 e. The van der Waals surface area contributed by atoms with Crippen LogP contribution in [0, 0.1) is 6.92 Å². The van der Waals surface area contributed by atoms with Crippen LogP contribution in [0.2, 0.25) is 5.02 Å². The van der Waals surface area contributed by atoms with Gasteiger partial charge in [-0.15, -0.1) is 0 Å². The molecular formula is C18H20ClN. The molecule has 1 N–H and O–H groups in total. The topological polar surface area (TPSA) is 12.0 Å². The van der Waals surface area contributed by atoms with E-state index in [1.165, 1.54) is 36.0 Å². The van der Waals surface area contributed by atoms with Crippen molar-refractivity contribution in [3.05, 3.63) is 64.2 Å². The van der Waals surface area contributed by atoms with Gasteiger partial charge in [0.25, 0.3) is 0 Å². The zero-order valence-electron chi connectivity index (χ0n) is 11.8. The van der Waals surface area contributed by atoms with Crippen molar-refractivity contribution in [2.24, 2.45) is 0 Å². The summed E-state index contributed by atoms with van der Waals surface area (Å²) in [5.74, 6) is 0.594. The minimum absolute atomic E-state index is 0.594. The minimum Gasteiger partial charge on any atom is -0.383 e. The predicted octanol–water partition coefficient (Wildman–Crippen LogP) is 5.18. The molecule has 1 aliphatic rings. The molecule has 2 heteroatoms. The Labute approximate surface area is 126 Å². The SMILES string of the molecule is Cc1ccc(Cl)c(NCC2CCCc3ccccc32)c1. The van der Waals surface area contributed by atoms with Crippen molar-refractivity contribution in [1.82, 2.24) is 0 Å². The summed E-state index contributed by atoms with van der Waals surface area (Å²) in [5.41, 5.74) is 5.31. The van der Waals surface area contributed by atoms with Gasteiger partial charge in [0, 0.05) is 12.5 Å². The van der Waals surface area contributed by atoms with Gasteiger partial charge in [0.05, 0.1) is 10.7 Å². The highest BCUT2D eigenvalue weighted by molar-refractivity contribution is 6.33. The average molecular weight is 286 g/mol. The molecule has 0 radical (unpaired) electrons. The van der Waals surface area contributed by atoms with Crippen LogP contribution in [-0.4, -0.2) is 6.54 Å². The first-order valence-corrected chi connectivity index (χ1v) is 7.69. The third kappa shape index (κ3) is 2.83. The van der Waals surface area contributed by atoms with Gasteiger partial charge in [0.1, 0.15) is 0 Å². The summed E-state index contributed by atoms with van der Waals surface area (Å²) >= 11 is 6.25. The molecule has 0 saturated carbocycles. The second-order valence-electron chi connectivity index (χ2n) is 5.65. The molecule has 0 fully saturated rings. The molecule has 1 aliphatic carbocycles.